The van der Waals surface area contributed by atoms with E-state index in [1.54, 1.807) is 7.11 Å². The van der Waals surface area contributed by atoms with Crippen LogP contribution in [0.2, 0.25) is 0 Å². The molecule has 2 aromatic rings. The number of methoxy groups -OCH3 is 1. The maximum atomic E-state index is 9.05. The van der Waals surface area contributed by atoms with Gasteiger partial charge in [0.15, 0.2) is 0 Å². The van der Waals surface area contributed by atoms with Gasteiger partial charge in [-0.1, -0.05) is 6.07 Å². The number of ether oxygens (including phenoxy) is 1. The molecule has 0 amide bonds. The van der Waals surface area contributed by atoms with Gasteiger partial charge in [0.05, 0.1) is 29.7 Å². The number of nitrogens with one attached hydrogen (secondary N) is 2. The molecule has 0 saturated carbocycles. The summed E-state index contributed by atoms with van der Waals surface area (Å²) in [6.45, 7) is 4.55. The number of rotatable bonds is 4. The zero-order valence-electron chi connectivity index (χ0n) is 11.2. The molecule has 0 aliphatic heterocycles. The normalized spacial score (nSPS) is 10.0. The second kappa shape index (κ2) is 5.44. The van der Waals surface area contributed by atoms with Gasteiger partial charge in [0.2, 0.25) is 0 Å². The molecule has 1 aromatic carbocycles. The summed E-state index contributed by atoms with van der Waals surface area (Å²) in [4.78, 5) is 0. The van der Waals surface area contributed by atoms with Crippen molar-refractivity contribution in [3.8, 4) is 11.8 Å². The Morgan fingerprint density at radius 2 is 2.21 bits per heavy atom. The molecule has 0 aliphatic carbocycles. The molecule has 1 aromatic heterocycles. The Kier molecular flexibility index (Phi) is 3.71. The molecular weight excluding hydrogens is 240 g/mol. The van der Waals surface area contributed by atoms with Crippen LogP contribution in [0.5, 0.6) is 5.75 Å². The van der Waals surface area contributed by atoms with Crippen molar-refractivity contribution in [1.82, 2.24) is 10.2 Å². The molecule has 19 heavy (non-hydrogen) atoms. The summed E-state index contributed by atoms with van der Waals surface area (Å²) in [6, 6.07) is 7.71. The van der Waals surface area contributed by atoms with Gasteiger partial charge in [-0.25, -0.2) is 0 Å². The Balaban J connectivity index is 2.15. The molecule has 2 N–H and O–H groups in total. The first kappa shape index (κ1) is 13.0. The van der Waals surface area contributed by atoms with Crippen molar-refractivity contribution in [2.45, 2.75) is 20.4 Å². The number of nitriles is 1. The van der Waals surface area contributed by atoms with Crippen LogP contribution in [0.1, 0.15) is 22.5 Å². The van der Waals surface area contributed by atoms with E-state index in [1.807, 2.05) is 32.0 Å². The molecule has 0 spiro atoms. The molecule has 0 radical (unpaired) electrons. The number of aromatic amines is 1. The van der Waals surface area contributed by atoms with Gasteiger partial charge < -0.3 is 10.1 Å². The standard InChI is InChI=1S/C14H16N4O/c1-9-14(10(2)18-17-9)16-8-11-4-5-13(19-3)12(6-11)7-15/h4-6,16H,8H2,1-3H3,(H,17,18). The SMILES string of the molecule is COc1ccc(CNc2c(C)n[nH]c2C)cc1C#N. The Labute approximate surface area is 112 Å². The molecule has 98 valence electrons. The molecule has 0 saturated heterocycles. The molecule has 5 heteroatoms. The highest BCUT2D eigenvalue weighted by Crippen LogP contribution is 2.21. The van der Waals surface area contributed by atoms with Crippen LogP contribution in [0.25, 0.3) is 0 Å². The van der Waals surface area contributed by atoms with E-state index in [-0.39, 0.29) is 0 Å². The minimum atomic E-state index is 0.544. The van der Waals surface area contributed by atoms with Gasteiger partial charge in [0, 0.05) is 6.54 Å². The van der Waals surface area contributed by atoms with Crippen molar-refractivity contribution in [1.29, 1.82) is 5.26 Å². The van der Waals surface area contributed by atoms with Crippen molar-refractivity contribution in [2.24, 2.45) is 0 Å². The summed E-state index contributed by atoms with van der Waals surface area (Å²) in [5, 5.41) is 19.4. The average molecular weight is 256 g/mol. The molecule has 1 heterocycles. The Morgan fingerprint density at radius 3 is 2.79 bits per heavy atom. The van der Waals surface area contributed by atoms with Gasteiger partial charge in [-0.3, -0.25) is 5.10 Å². The fraction of sp³-hybridized carbons (Fsp3) is 0.286. The zero-order valence-corrected chi connectivity index (χ0v) is 11.2. The Morgan fingerprint density at radius 1 is 1.42 bits per heavy atom. The largest absolute Gasteiger partial charge is 0.495 e. The van der Waals surface area contributed by atoms with Crippen LogP contribution in [0.15, 0.2) is 18.2 Å². The summed E-state index contributed by atoms with van der Waals surface area (Å²) in [5.41, 5.74) is 4.52. The number of nitrogens with zero attached hydrogens (tertiary/aromatic N) is 2. The first-order chi connectivity index (χ1) is 9.15. The van der Waals surface area contributed by atoms with Crippen LogP contribution in [0.3, 0.4) is 0 Å². The summed E-state index contributed by atoms with van der Waals surface area (Å²) in [7, 11) is 1.56. The van der Waals surface area contributed by atoms with Gasteiger partial charge >= 0.3 is 0 Å². The average Bonchev–Trinajstić information content (AvgIpc) is 2.75. The Hall–Kier alpha value is -2.48. The van der Waals surface area contributed by atoms with Crippen molar-refractivity contribution < 1.29 is 4.74 Å². The van der Waals surface area contributed by atoms with Crippen LogP contribution < -0.4 is 10.1 Å². The highest BCUT2D eigenvalue weighted by atomic mass is 16.5. The second-order valence-corrected chi connectivity index (χ2v) is 4.31. The minimum Gasteiger partial charge on any atom is -0.495 e. The minimum absolute atomic E-state index is 0.544. The maximum absolute atomic E-state index is 9.05. The van der Waals surface area contributed by atoms with E-state index < -0.39 is 0 Å². The number of benzene rings is 1. The van der Waals surface area contributed by atoms with Crippen molar-refractivity contribution >= 4 is 5.69 Å². The molecule has 5 nitrogen and oxygen atoms in total. The highest BCUT2D eigenvalue weighted by Gasteiger charge is 2.07. The third-order valence-electron chi connectivity index (χ3n) is 2.98. The van der Waals surface area contributed by atoms with Crippen molar-refractivity contribution in [3.05, 3.63) is 40.7 Å². The van der Waals surface area contributed by atoms with Gasteiger partial charge in [-0.2, -0.15) is 10.4 Å². The number of H-pyrrole nitrogens is 1. The predicted octanol–water partition coefficient (Wildman–Crippen LogP) is 2.52. The lowest BCUT2D eigenvalue weighted by Crippen LogP contribution is -2.02. The zero-order chi connectivity index (χ0) is 13.8. The number of anilines is 1. The van der Waals surface area contributed by atoms with Crippen LogP contribution >= 0.6 is 0 Å². The van der Waals surface area contributed by atoms with E-state index in [4.69, 9.17) is 10.00 Å². The molecule has 2 rings (SSSR count). The molecular formula is C14H16N4O. The van der Waals surface area contributed by atoms with E-state index >= 15 is 0 Å². The van der Waals surface area contributed by atoms with E-state index in [2.05, 4.69) is 21.6 Å². The van der Waals surface area contributed by atoms with Gasteiger partial charge in [-0.05, 0) is 31.5 Å². The van der Waals surface area contributed by atoms with E-state index in [9.17, 15) is 0 Å². The Bertz CT molecular complexity index is 605. The number of hydrogen-bond donors (Lipinski definition) is 2. The van der Waals surface area contributed by atoms with E-state index in [0.717, 1.165) is 22.6 Å². The molecule has 0 bridgehead atoms. The fourth-order valence-electron chi connectivity index (χ4n) is 1.95. The molecule has 0 aliphatic rings. The van der Waals surface area contributed by atoms with E-state index in [0.29, 0.717) is 17.9 Å². The highest BCUT2D eigenvalue weighted by molar-refractivity contribution is 5.52. The third-order valence-corrected chi connectivity index (χ3v) is 2.98. The van der Waals surface area contributed by atoms with Gasteiger partial charge in [0.1, 0.15) is 11.8 Å². The lowest BCUT2D eigenvalue weighted by Gasteiger charge is -2.08. The predicted molar refractivity (Wildman–Crippen MR) is 73.1 cm³/mol. The third kappa shape index (κ3) is 2.68. The van der Waals surface area contributed by atoms with Crippen LogP contribution in [-0.4, -0.2) is 17.3 Å². The molecule has 0 unspecified atom stereocenters. The topological polar surface area (TPSA) is 73.7 Å². The lowest BCUT2D eigenvalue weighted by atomic mass is 10.1. The fourth-order valence-corrected chi connectivity index (χ4v) is 1.95. The summed E-state index contributed by atoms with van der Waals surface area (Å²) >= 11 is 0. The van der Waals surface area contributed by atoms with Crippen LogP contribution in [0, 0.1) is 25.2 Å². The maximum Gasteiger partial charge on any atom is 0.136 e. The van der Waals surface area contributed by atoms with Gasteiger partial charge in [-0.15, -0.1) is 0 Å². The number of aromatic nitrogens is 2. The molecule has 0 fully saturated rings. The van der Waals surface area contributed by atoms with Crippen molar-refractivity contribution in [2.75, 3.05) is 12.4 Å². The monoisotopic (exact) mass is 256 g/mol. The lowest BCUT2D eigenvalue weighted by molar-refractivity contribution is 0.413. The smallest absolute Gasteiger partial charge is 0.136 e. The first-order valence-corrected chi connectivity index (χ1v) is 5.98. The molecule has 0 atom stereocenters. The van der Waals surface area contributed by atoms with Crippen LogP contribution in [-0.2, 0) is 6.54 Å². The quantitative estimate of drug-likeness (QED) is 0.881. The summed E-state index contributed by atoms with van der Waals surface area (Å²) in [6.07, 6.45) is 0. The van der Waals surface area contributed by atoms with Crippen LogP contribution in [0.4, 0.5) is 5.69 Å². The van der Waals surface area contributed by atoms with Crippen molar-refractivity contribution in [3.63, 3.8) is 0 Å². The van der Waals surface area contributed by atoms with E-state index in [1.165, 1.54) is 0 Å². The van der Waals surface area contributed by atoms with Gasteiger partial charge in [0.25, 0.3) is 0 Å². The summed E-state index contributed by atoms with van der Waals surface area (Å²) < 4.78 is 5.12. The first-order valence-electron chi connectivity index (χ1n) is 5.98. The second-order valence-electron chi connectivity index (χ2n) is 4.31. The summed E-state index contributed by atoms with van der Waals surface area (Å²) in [5.74, 6) is 0.599. The number of hydrogen-bond acceptors (Lipinski definition) is 4. The number of aryl methyl sites for hydroxylation is 2.